The third kappa shape index (κ3) is 4.58. The van der Waals surface area contributed by atoms with E-state index in [1.54, 1.807) is 11.7 Å². The molecule has 0 unspecified atom stereocenters. The highest BCUT2D eigenvalue weighted by molar-refractivity contribution is 7.51. The van der Waals surface area contributed by atoms with Gasteiger partial charge in [0.05, 0.1) is 18.1 Å². The minimum Gasteiger partial charge on any atom is -0.413 e. The molecule has 0 bridgehead atoms. The second-order valence-electron chi connectivity index (χ2n) is 12.8. The Morgan fingerprint density at radius 1 is 1.22 bits per heavy atom. The number of amides is 1. The number of hydrogen-bond donors (Lipinski definition) is 1. The van der Waals surface area contributed by atoms with Gasteiger partial charge in [0.1, 0.15) is 12.2 Å². The fourth-order valence-corrected chi connectivity index (χ4v) is 9.60. The zero-order valence-corrected chi connectivity index (χ0v) is 25.3. The molecule has 1 aromatic rings. The lowest BCUT2D eigenvalue weighted by molar-refractivity contribution is -0.148. The Hall–Kier alpha value is -1.06. The van der Waals surface area contributed by atoms with Gasteiger partial charge in [-0.15, -0.1) is 0 Å². The quantitative estimate of drug-likeness (QED) is 0.204. The van der Waals surface area contributed by atoms with Gasteiger partial charge in [-0.05, 0) is 57.4 Å². The maximum atomic E-state index is 14.2. The van der Waals surface area contributed by atoms with E-state index in [1.807, 2.05) is 44.2 Å². The van der Waals surface area contributed by atoms with Crippen molar-refractivity contribution in [2.45, 2.75) is 108 Å². The van der Waals surface area contributed by atoms with Gasteiger partial charge in [0.15, 0.2) is 8.32 Å². The van der Waals surface area contributed by atoms with Crippen molar-refractivity contribution in [2.75, 3.05) is 7.05 Å². The maximum absolute atomic E-state index is 14.2. The van der Waals surface area contributed by atoms with Crippen LogP contribution >= 0.6 is 7.75 Å². The Morgan fingerprint density at radius 2 is 1.89 bits per heavy atom. The number of β-lactam (4-membered cyclic amide) rings is 1. The van der Waals surface area contributed by atoms with Crippen LogP contribution in [0.4, 0.5) is 0 Å². The molecule has 1 saturated carbocycles. The SMILES string of the molecule is C[C@@H](O[Si](C)(C)C(C)(C)C)[C@H]1C(=O)N[C@@H]1[C@H]1CCC[C@H]2O[C@@]12O[P@@]1(=O)O[C@H](c2ccccc2)[C@H](C)N1C. The van der Waals surface area contributed by atoms with E-state index in [-0.39, 0.29) is 53.2 Å². The minimum absolute atomic E-state index is 0.00719. The summed E-state index contributed by atoms with van der Waals surface area (Å²) in [6.07, 6.45) is 1.92. The zero-order valence-electron chi connectivity index (χ0n) is 23.4. The summed E-state index contributed by atoms with van der Waals surface area (Å²) < 4.78 is 41.5. The molecule has 10 heteroatoms. The Bertz CT molecular complexity index is 1080. The van der Waals surface area contributed by atoms with Crippen molar-refractivity contribution in [2.24, 2.45) is 11.8 Å². The van der Waals surface area contributed by atoms with Gasteiger partial charge in [-0.2, -0.15) is 0 Å². The minimum atomic E-state index is -3.64. The van der Waals surface area contributed by atoms with Crippen molar-refractivity contribution in [3.05, 3.63) is 35.9 Å². The molecule has 0 radical (unpaired) electrons. The Balaban J connectivity index is 1.36. The molecule has 206 valence electrons. The lowest BCUT2D eigenvalue weighted by Crippen LogP contribution is -2.68. The fraction of sp³-hybridized carbons (Fsp3) is 0.741. The van der Waals surface area contributed by atoms with Gasteiger partial charge >= 0.3 is 7.75 Å². The molecule has 3 heterocycles. The number of nitrogens with one attached hydrogen (secondary N) is 1. The summed E-state index contributed by atoms with van der Waals surface area (Å²) in [6.45, 7) is 15.1. The predicted octanol–water partition coefficient (Wildman–Crippen LogP) is 5.62. The van der Waals surface area contributed by atoms with Crippen LogP contribution < -0.4 is 5.32 Å². The van der Waals surface area contributed by atoms with Crippen LogP contribution in [-0.4, -0.2) is 56.0 Å². The first-order valence-electron chi connectivity index (χ1n) is 13.6. The summed E-state index contributed by atoms with van der Waals surface area (Å²) in [6, 6.07) is 9.56. The van der Waals surface area contributed by atoms with Crippen LogP contribution in [0.15, 0.2) is 30.3 Å². The number of fused-ring (bicyclic) bond motifs is 1. The first-order chi connectivity index (χ1) is 17.2. The summed E-state index contributed by atoms with van der Waals surface area (Å²) >= 11 is 0. The average molecular weight is 551 g/mol. The molecule has 8 nitrogen and oxygen atoms in total. The first-order valence-corrected chi connectivity index (χ1v) is 18.0. The van der Waals surface area contributed by atoms with Crippen molar-refractivity contribution < 1.29 is 27.6 Å². The molecule has 37 heavy (non-hydrogen) atoms. The van der Waals surface area contributed by atoms with Crippen LogP contribution in [0.3, 0.4) is 0 Å². The number of epoxide rings is 1. The number of ether oxygens (including phenoxy) is 1. The van der Waals surface area contributed by atoms with E-state index in [2.05, 4.69) is 39.2 Å². The molecule has 0 spiro atoms. The number of carbonyl (C=O) groups excluding carboxylic acids is 1. The largest absolute Gasteiger partial charge is 0.413 e. The second kappa shape index (κ2) is 9.25. The van der Waals surface area contributed by atoms with Gasteiger partial charge in [0.25, 0.3) is 0 Å². The van der Waals surface area contributed by atoms with E-state index < -0.39 is 21.9 Å². The van der Waals surface area contributed by atoms with Crippen molar-refractivity contribution in [3.8, 4) is 0 Å². The van der Waals surface area contributed by atoms with Crippen molar-refractivity contribution >= 4 is 22.0 Å². The Kier molecular flexibility index (Phi) is 6.88. The number of rotatable bonds is 7. The average Bonchev–Trinajstić information content (AvgIpc) is 3.47. The summed E-state index contributed by atoms with van der Waals surface area (Å²) in [5.41, 5.74) is 0.969. The first kappa shape index (κ1) is 27.5. The van der Waals surface area contributed by atoms with Crippen LogP contribution in [0.2, 0.25) is 18.1 Å². The number of carbonyl (C=O) groups is 1. The summed E-state index contributed by atoms with van der Waals surface area (Å²) in [5, 5.41) is 3.18. The molecule has 4 fully saturated rings. The Morgan fingerprint density at radius 3 is 2.51 bits per heavy atom. The highest BCUT2D eigenvalue weighted by Crippen LogP contribution is 2.70. The summed E-state index contributed by atoms with van der Waals surface area (Å²) in [5.74, 6) is -1.41. The summed E-state index contributed by atoms with van der Waals surface area (Å²) in [7, 11) is -3.90. The predicted molar refractivity (Wildman–Crippen MR) is 144 cm³/mol. The molecule has 1 amide bonds. The summed E-state index contributed by atoms with van der Waals surface area (Å²) in [4.78, 5) is 12.8. The van der Waals surface area contributed by atoms with E-state index in [0.717, 1.165) is 24.8 Å². The smallest absolute Gasteiger partial charge is 0.411 e. The highest BCUT2D eigenvalue weighted by atomic mass is 31.2. The van der Waals surface area contributed by atoms with Crippen LogP contribution in [0, 0.1) is 11.8 Å². The molecule has 3 saturated heterocycles. The molecule has 1 aliphatic carbocycles. The van der Waals surface area contributed by atoms with E-state index in [9.17, 15) is 9.36 Å². The van der Waals surface area contributed by atoms with Crippen molar-refractivity contribution in [1.82, 2.24) is 9.99 Å². The van der Waals surface area contributed by atoms with Crippen LogP contribution in [0.25, 0.3) is 0 Å². The van der Waals surface area contributed by atoms with Gasteiger partial charge in [-0.3, -0.25) is 13.8 Å². The van der Waals surface area contributed by atoms with E-state index in [0.29, 0.717) is 0 Å². The molecule has 0 aromatic heterocycles. The fourth-order valence-electron chi connectivity index (χ4n) is 6.04. The second-order valence-corrected chi connectivity index (χ2v) is 19.5. The monoisotopic (exact) mass is 550 g/mol. The number of nitrogens with zero attached hydrogens (tertiary/aromatic N) is 1. The molecule has 9 atom stereocenters. The zero-order chi connectivity index (χ0) is 27.0. The Labute approximate surface area is 222 Å². The van der Waals surface area contributed by atoms with Crippen LogP contribution in [0.1, 0.15) is 65.5 Å². The van der Waals surface area contributed by atoms with Crippen LogP contribution in [0.5, 0.6) is 0 Å². The molecule has 3 aliphatic heterocycles. The lowest BCUT2D eigenvalue weighted by atomic mass is 9.71. The van der Waals surface area contributed by atoms with E-state index in [4.69, 9.17) is 18.2 Å². The number of hydrogen-bond acceptors (Lipinski definition) is 6. The van der Waals surface area contributed by atoms with Gasteiger partial charge in [-0.25, -0.2) is 9.24 Å². The van der Waals surface area contributed by atoms with Crippen molar-refractivity contribution in [1.29, 1.82) is 0 Å². The normalized spacial score (nSPS) is 41.0. The maximum Gasteiger partial charge on any atom is 0.411 e. The third-order valence-electron chi connectivity index (χ3n) is 9.49. The highest BCUT2D eigenvalue weighted by Gasteiger charge is 2.72. The van der Waals surface area contributed by atoms with E-state index >= 15 is 0 Å². The molecular formula is C27H43N2O6PSi. The number of likely N-dealkylation sites (N-methyl/N-ethyl adjacent to an activating group) is 1. The van der Waals surface area contributed by atoms with Gasteiger partial charge in [-0.1, -0.05) is 57.5 Å². The number of benzene rings is 1. The third-order valence-corrected chi connectivity index (χ3v) is 16.2. The van der Waals surface area contributed by atoms with Crippen molar-refractivity contribution in [3.63, 3.8) is 0 Å². The van der Waals surface area contributed by atoms with Gasteiger partial charge in [0.2, 0.25) is 11.7 Å². The molecule has 1 N–H and O–H groups in total. The molecular weight excluding hydrogens is 507 g/mol. The van der Waals surface area contributed by atoms with Gasteiger partial charge in [0, 0.05) is 12.0 Å². The van der Waals surface area contributed by atoms with Crippen LogP contribution in [-0.2, 0) is 27.6 Å². The molecule has 1 aromatic carbocycles. The molecule has 4 aliphatic rings. The van der Waals surface area contributed by atoms with Gasteiger partial charge < -0.3 is 14.5 Å². The standard InChI is InChI=1S/C27H43N2O6PSi/c1-17-24(19-13-10-9-11-14-19)33-36(31,29(17)6)35-27-20(15-12-16-21(27)32-27)23-22(25(30)28-23)18(2)34-37(7,8)26(3,4)5/h9-11,13-14,17-18,20-24H,12,15-16H2,1-8H3,(H,28,30)/t17-,18+,20+,21+,22+,23+,24-,27+,36-/m0/s1. The van der Waals surface area contributed by atoms with E-state index in [1.165, 1.54) is 0 Å². The topological polar surface area (TPSA) is 89.6 Å². The molecule has 5 rings (SSSR count). The lowest BCUT2D eigenvalue weighted by Gasteiger charge is -2.49.